The van der Waals surface area contributed by atoms with Gasteiger partial charge < -0.3 is 31.4 Å². The number of hydrogen-bond donors (Lipinski definition) is 3. The van der Waals surface area contributed by atoms with Crippen LogP contribution in [0.15, 0.2) is 48.5 Å². The number of carbonyl (C=O) groups excluding carboxylic acids is 2. The first kappa shape index (κ1) is 25.3. The third kappa shape index (κ3) is 8.30. The van der Waals surface area contributed by atoms with Gasteiger partial charge in [0.15, 0.2) is 0 Å². The van der Waals surface area contributed by atoms with Crippen molar-refractivity contribution in [3.8, 4) is 0 Å². The van der Waals surface area contributed by atoms with Crippen LogP contribution in [0, 0.1) is 0 Å². The second kappa shape index (κ2) is 13.4. The molecular weight excluding hydrogens is 386 g/mol. The summed E-state index contributed by atoms with van der Waals surface area (Å²) in [6, 6.07) is 13.3. The molecule has 8 heteroatoms. The molecule has 0 aromatic heterocycles. The number of benzene rings is 2. The lowest BCUT2D eigenvalue weighted by Crippen LogP contribution is -2.28. The lowest BCUT2D eigenvalue weighted by Gasteiger charge is -2.11. The average Bonchev–Trinajstić information content (AvgIpc) is 2.75. The molecule has 0 spiro atoms. The van der Waals surface area contributed by atoms with Crippen LogP contribution in [-0.2, 0) is 37.0 Å². The topological polar surface area (TPSA) is 140 Å². The SMILES string of the molecule is CCOC(=O)C(N)c1ccc(COC)cc1.COCc1ccc(C(N)C(N)=O)cc1. The van der Waals surface area contributed by atoms with Gasteiger partial charge >= 0.3 is 5.97 Å². The predicted molar refractivity (Wildman–Crippen MR) is 114 cm³/mol. The van der Waals surface area contributed by atoms with Crippen LogP contribution in [0.1, 0.15) is 41.3 Å². The highest BCUT2D eigenvalue weighted by Gasteiger charge is 2.16. The van der Waals surface area contributed by atoms with Crippen LogP contribution in [0.2, 0.25) is 0 Å². The van der Waals surface area contributed by atoms with Crippen LogP contribution in [0.5, 0.6) is 0 Å². The zero-order valence-electron chi connectivity index (χ0n) is 17.7. The maximum absolute atomic E-state index is 11.4. The molecule has 0 saturated heterocycles. The summed E-state index contributed by atoms with van der Waals surface area (Å²) in [6.07, 6.45) is 0. The van der Waals surface area contributed by atoms with E-state index in [1.165, 1.54) is 0 Å². The second-order valence-corrected chi connectivity index (χ2v) is 6.46. The normalized spacial score (nSPS) is 12.3. The molecule has 2 aromatic carbocycles. The summed E-state index contributed by atoms with van der Waals surface area (Å²) in [7, 11) is 3.27. The highest BCUT2D eigenvalue weighted by atomic mass is 16.5. The highest BCUT2D eigenvalue weighted by molar-refractivity contribution is 5.81. The van der Waals surface area contributed by atoms with E-state index in [2.05, 4.69) is 0 Å². The molecule has 0 aliphatic heterocycles. The summed E-state index contributed by atoms with van der Waals surface area (Å²) >= 11 is 0. The number of rotatable bonds is 9. The van der Waals surface area contributed by atoms with E-state index in [-0.39, 0.29) is 0 Å². The third-order valence-corrected chi connectivity index (χ3v) is 4.15. The van der Waals surface area contributed by atoms with E-state index in [0.717, 1.165) is 22.3 Å². The van der Waals surface area contributed by atoms with Gasteiger partial charge in [0.25, 0.3) is 0 Å². The number of carbonyl (C=O) groups is 2. The van der Waals surface area contributed by atoms with Crippen LogP contribution in [0.4, 0.5) is 0 Å². The van der Waals surface area contributed by atoms with E-state index in [0.29, 0.717) is 19.8 Å². The Morgan fingerprint density at radius 2 is 1.20 bits per heavy atom. The zero-order chi connectivity index (χ0) is 22.5. The van der Waals surface area contributed by atoms with Gasteiger partial charge in [0.2, 0.25) is 5.91 Å². The average molecular weight is 418 g/mol. The quantitative estimate of drug-likeness (QED) is 0.528. The van der Waals surface area contributed by atoms with Gasteiger partial charge in [-0.3, -0.25) is 4.79 Å². The molecule has 0 aliphatic rings. The van der Waals surface area contributed by atoms with E-state index in [9.17, 15) is 9.59 Å². The molecule has 0 saturated carbocycles. The zero-order valence-corrected chi connectivity index (χ0v) is 17.7. The minimum atomic E-state index is -0.730. The number of esters is 1. The number of amides is 1. The molecule has 2 atom stereocenters. The van der Waals surface area contributed by atoms with Crippen molar-refractivity contribution in [2.45, 2.75) is 32.2 Å². The van der Waals surface area contributed by atoms with Crippen LogP contribution in [-0.4, -0.2) is 32.7 Å². The Kier molecular flexibility index (Phi) is 11.3. The van der Waals surface area contributed by atoms with E-state index in [1.807, 2.05) is 36.4 Å². The van der Waals surface area contributed by atoms with Gasteiger partial charge in [-0.25, -0.2) is 4.79 Å². The Morgan fingerprint density at radius 3 is 1.53 bits per heavy atom. The van der Waals surface area contributed by atoms with Gasteiger partial charge in [0, 0.05) is 14.2 Å². The minimum absolute atomic E-state index is 0.342. The molecule has 0 fully saturated rings. The van der Waals surface area contributed by atoms with E-state index in [4.69, 9.17) is 31.4 Å². The molecular formula is C22H31N3O5. The number of nitrogens with two attached hydrogens (primary N) is 3. The van der Waals surface area contributed by atoms with Crippen molar-refractivity contribution in [2.75, 3.05) is 20.8 Å². The summed E-state index contributed by atoms with van der Waals surface area (Å²) in [6.45, 7) is 3.20. The Balaban J connectivity index is 0.000000303. The number of methoxy groups -OCH3 is 2. The first-order chi connectivity index (χ1) is 14.3. The van der Waals surface area contributed by atoms with E-state index in [1.54, 1.807) is 33.3 Å². The van der Waals surface area contributed by atoms with Gasteiger partial charge in [0.05, 0.1) is 19.8 Å². The second-order valence-electron chi connectivity index (χ2n) is 6.46. The van der Waals surface area contributed by atoms with Crippen LogP contribution >= 0.6 is 0 Å². The molecule has 0 bridgehead atoms. The molecule has 1 amide bonds. The molecule has 2 unspecified atom stereocenters. The lowest BCUT2D eigenvalue weighted by atomic mass is 10.1. The van der Waals surface area contributed by atoms with Crippen molar-refractivity contribution in [3.63, 3.8) is 0 Å². The molecule has 2 rings (SSSR count). The standard InChI is InChI=1S/C12H17NO3.C10H14N2O2/c1-3-16-12(14)11(13)10-6-4-9(5-7-10)8-15-2;1-14-6-7-2-4-8(5-3-7)9(11)10(12)13/h4-7,11H,3,8,13H2,1-2H3;2-5,9H,6,11H2,1H3,(H2,12,13). The molecule has 0 heterocycles. The van der Waals surface area contributed by atoms with Gasteiger partial charge in [0.1, 0.15) is 12.1 Å². The van der Waals surface area contributed by atoms with Gasteiger partial charge in [-0.1, -0.05) is 48.5 Å². The van der Waals surface area contributed by atoms with Gasteiger partial charge in [-0.15, -0.1) is 0 Å². The maximum atomic E-state index is 11.4. The Bertz CT molecular complexity index is 778. The summed E-state index contributed by atoms with van der Waals surface area (Å²) in [4.78, 5) is 22.2. The summed E-state index contributed by atoms with van der Waals surface area (Å²) < 4.78 is 14.8. The summed E-state index contributed by atoms with van der Waals surface area (Å²) in [5.74, 6) is -0.925. The maximum Gasteiger partial charge on any atom is 0.327 e. The van der Waals surface area contributed by atoms with Crippen molar-refractivity contribution >= 4 is 11.9 Å². The van der Waals surface area contributed by atoms with Crippen molar-refractivity contribution in [3.05, 3.63) is 70.8 Å². The minimum Gasteiger partial charge on any atom is -0.465 e. The van der Waals surface area contributed by atoms with Crippen molar-refractivity contribution in [1.82, 2.24) is 0 Å². The summed E-state index contributed by atoms with van der Waals surface area (Å²) in [5.41, 5.74) is 19.9. The Hall–Kier alpha value is -2.78. The summed E-state index contributed by atoms with van der Waals surface area (Å²) in [5, 5.41) is 0. The van der Waals surface area contributed by atoms with Crippen LogP contribution in [0.3, 0.4) is 0 Å². The molecule has 0 aliphatic carbocycles. The van der Waals surface area contributed by atoms with Gasteiger partial charge in [-0.05, 0) is 29.2 Å². The van der Waals surface area contributed by atoms with Crippen molar-refractivity contribution in [2.24, 2.45) is 17.2 Å². The molecule has 164 valence electrons. The van der Waals surface area contributed by atoms with Crippen molar-refractivity contribution < 1.29 is 23.8 Å². The highest BCUT2D eigenvalue weighted by Crippen LogP contribution is 2.14. The number of ether oxygens (including phenoxy) is 3. The fourth-order valence-corrected chi connectivity index (χ4v) is 2.51. The van der Waals surface area contributed by atoms with Crippen molar-refractivity contribution in [1.29, 1.82) is 0 Å². The molecule has 6 N–H and O–H groups in total. The molecule has 8 nitrogen and oxygen atoms in total. The van der Waals surface area contributed by atoms with E-state index < -0.39 is 24.0 Å². The van der Waals surface area contributed by atoms with Crippen LogP contribution in [0.25, 0.3) is 0 Å². The number of primary amides is 1. The largest absolute Gasteiger partial charge is 0.465 e. The molecule has 30 heavy (non-hydrogen) atoms. The Labute approximate surface area is 177 Å². The van der Waals surface area contributed by atoms with Gasteiger partial charge in [-0.2, -0.15) is 0 Å². The monoisotopic (exact) mass is 417 g/mol. The first-order valence-electron chi connectivity index (χ1n) is 9.46. The lowest BCUT2D eigenvalue weighted by molar-refractivity contribution is -0.144. The fourth-order valence-electron chi connectivity index (χ4n) is 2.51. The number of hydrogen-bond acceptors (Lipinski definition) is 7. The smallest absolute Gasteiger partial charge is 0.327 e. The third-order valence-electron chi connectivity index (χ3n) is 4.15. The molecule has 2 aromatic rings. The predicted octanol–water partition coefficient (Wildman–Crippen LogP) is 1.71. The fraction of sp³-hybridized carbons (Fsp3) is 0.364. The van der Waals surface area contributed by atoms with Crippen LogP contribution < -0.4 is 17.2 Å². The Morgan fingerprint density at radius 1 is 0.800 bits per heavy atom. The van der Waals surface area contributed by atoms with E-state index >= 15 is 0 Å². The molecule has 0 radical (unpaired) electrons. The first-order valence-corrected chi connectivity index (χ1v) is 9.46.